The van der Waals surface area contributed by atoms with Crippen molar-refractivity contribution in [2.45, 2.75) is 4.90 Å². The molecule has 0 fully saturated rings. The van der Waals surface area contributed by atoms with Crippen molar-refractivity contribution in [2.75, 3.05) is 10.1 Å². The van der Waals surface area contributed by atoms with Gasteiger partial charge in [-0.15, -0.1) is 0 Å². The predicted molar refractivity (Wildman–Crippen MR) is 76.0 cm³/mol. The first kappa shape index (κ1) is 14.7. The Bertz CT molecular complexity index is 763. The number of non-ortho nitro benzene ring substituents is 1. The van der Waals surface area contributed by atoms with Crippen LogP contribution in [-0.4, -0.2) is 18.3 Å². The molecule has 110 valence electrons. The Morgan fingerprint density at radius 2 is 2.05 bits per heavy atom. The Morgan fingerprint density at radius 1 is 1.29 bits per heavy atom. The van der Waals surface area contributed by atoms with Crippen molar-refractivity contribution in [3.63, 3.8) is 0 Å². The molecule has 0 saturated heterocycles. The van der Waals surface area contributed by atoms with E-state index >= 15 is 0 Å². The highest BCUT2D eigenvalue weighted by Crippen LogP contribution is 2.27. The monoisotopic (exact) mass is 309 g/mol. The molecule has 9 nitrogen and oxygen atoms in total. The van der Waals surface area contributed by atoms with Crippen LogP contribution in [-0.2, 0) is 10.0 Å². The third-order valence-electron chi connectivity index (χ3n) is 2.53. The maximum atomic E-state index is 12.3. The van der Waals surface area contributed by atoms with Crippen LogP contribution in [0, 0.1) is 10.1 Å². The second-order valence-corrected chi connectivity index (χ2v) is 5.58. The van der Waals surface area contributed by atoms with E-state index in [1.165, 1.54) is 24.5 Å². The fourth-order valence-corrected chi connectivity index (χ4v) is 2.83. The molecule has 10 heteroatoms. The molecular formula is C11H11N5O4S. The lowest BCUT2D eigenvalue weighted by Crippen LogP contribution is -2.18. The highest BCUT2D eigenvalue weighted by atomic mass is 32.2. The molecule has 2 aromatic rings. The van der Waals surface area contributed by atoms with Crippen molar-refractivity contribution in [2.24, 2.45) is 5.84 Å². The summed E-state index contributed by atoms with van der Waals surface area (Å²) in [6.07, 6.45) is 2.79. The Morgan fingerprint density at radius 3 is 2.62 bits per heavy atom. The standard InChI is InChI=1S/C11H11N5O4S/c12-14-10-4-3-9(16(17)18)6-11(10)21(19,20)15-8-2-1-5-13-7-8/h1-7,14-15H,12H2. The zero-order chi connectivity index (χ0) is 15.5. The van der Waals surface area contributed by atoms with Gasteiger partial charge in [0.05, 0.1) is 22.5 Å². The summed E-state index contributed by atoms with van der Waals surface area (Å²) in [6.45, 7) is 0. The molecule has 1 heterocycles. The average Bonchev–Trinajstić information content (AvgIpc) is 2.47. The minimum absolute atomic E-state index is 0.0389. The number of rotatable bonds is 5. The number of nitrogens with two attached hydrogens (primary N) is 1. The van der Waals surface area contributed by atoms with E-state index in [1.54, 1.807) is 6.07 Å². The minimum Gasteiger partial charge on any atom is -0.323 e. The lowest BCUT2D eigenvalue weighted by molar-refractivity contribution is -0.385. The van der Waals surface area contributed by atoms with Crippen LogP contribution in [0.3, 0.4) is 0 Å². The van der Waals surface area contributed by atoms with Gasteiger partial charge in [-0.1, -0.05) is 0 Å². The van der Waals surface area contributed by atoms with Crippen LogP contribution in [0.4, 0.5) is 17.1 Å². The molecule has 0 bridgehead atoms. The third kappa shape index (κ3) is 3.24. The van der Waals surface area contributed by atoms with Crippen LogP contribution in [0.1, 0.15) is 0 Å². The summed E-state index contributed by atoms with van der Waals surface area (Å²) in [5.41, 5.74) is 2.10. The molecule has 1 aromatic heterocycles. The summed E-state index contributed by atoms with van der Waals surface area (Å²) in [4.78, 5) is 13.5. The number of pyridine rings is 1. The van der Waals surface area contributed by atoms with Crippen LogP contribution in [0.25, 0.3) is 0 Å². The lowest BCUT2D eigenvalue weighted by atomic mass is 10.3. The first-order valence-corrected chi connectivity index (χ1v) is 7.10. The number of anilines is 2. The van der Waals surface area contributed by atoms with E-state index in [4.69, 9.17) is 5.84 Å². The van der Waals surface area contributed by atoms with Gasteiger partial charge in [0.1, 0.15) is 4.90 Å². The summed E-state index contributed by atoms with van der Waals surface area (Å²) in [5, 5.41) is 10.8. The summed E-state index contributed by atoms with van der Waals surface area (Å²) in [6, 6.07) is 6.34. The molecule has 0 saturated carbocycles. The largest absolute Gasteiger partial charge is 0.323 e. The molecule has 0 aliphatic carbocycles. The Balaban J connectivity index is 2.48. The van der Waals surface area contributed by atoms with Gasteiger partial charge in [-0.3, -0.25) is 25.7 Å². The van der Waals surface area contributed by atoms with Gasteiger partial charge in [-0.25, -0.2) is 8.42 Å². The molecule has 4 N–H and O–H groups in total. The number of hydrogen-bond acceptors (Lipinski definition) is 7. The summed E-state index contributed by atoms with van der Waals surface area (Å²) in [7, 11) is -4.05. The Hall–Kier alpha value is -2.72. The van der Waals surface area contributed by atoms with E-state index < -0.39 is 14.9 Å². The number of benzene rings is 1. The van der Waals surface area contributed by atoms with E-state index in [9.17, 15) is 18.5 Å². The molecule has 0 unspecified atom stereocenters. The quantitative estimate of drug-likeness (QED) is 0.426. The van der Waals surface area contributed by atoms with Gasteiger partial charge in [-0.05, 0) is 18.2 Å². The highest BCUT2D eigenvalue weighted by Gasteiger charge is 2.22. The minimum atomic E-state index is -4.05. The number of nitro benzene ring substituents is 1. The zero-order valence-electron chi connectivity index (χ0n) is 10.6. The van der Waals surface area contributed by atoms with Crippen LogP contribution >= 0.6 is 0 Å². The number of hydrazine groups is 1. The molecular weight excluding hydrogens is 298 g/mol. The van der Waals surface area contributed by atoms with Gasteiger partial charge >= 0.3 is 0 Å². The number of aromatic nitrogens is 1. The molecule has 2 rings (SSSR count). The normalized spacial score (nSPS) is 10.9. The van der Waals surface area contributed by atoms with E-state index in [0.29, 0.717) is 0 Å². The van der Waals surface area contributed by atoms with Crippen LogP contribution in [0.2, 0.25) is 0 Å². The Kier molecular flexibility index (Phi) is 4.00. The van der Waals surface area contributed by atoms with Gasteiger partial charge in [0.15, 0.2) is 0 Å². The molecule has 0 spiro atoms. The maximum absolute atomic E-state index is 12.3. The number of nitrogen functional groups attached to an aromatic ring is 1. The number of hydrogen-bond donors (Lipinski definition) is 3. The van der Waals surface area contributed by atoms with Crippen LogP contribution in [0.5, 0.6) is 0 Å². The van der Waals surface area contributed by atoms with Gasteiger partial charge in [0, 0.05) is 18.3 Å². The number of nitrogens with one attached hydrogen (secondary N) is 2. The van der Waals surface area contributed by atoms with E-state index in [0.717, 1.165) is 12.1 Å². The van der Waals surface area contributed by atoms with Gasteiger partial charge in [0.25, 0.3) is 15.7 Å². The second kappa shape index (κ2) is 5.73. The number of nitro groups is 1. The molecule has 0 radical (unpaired) electrons. The van der Waals surface area contributed by atoms with Gasteiger partial charge in [-0.2, -0.15) is 0 Å². The number of sulfonamides is 1. The topological polar surface area (TPSA) is 140 Å². The summed E-state index contributed by atoms with van der Waals surface area (Å²) < 4.78 is 26.9. The SMILES string of the molecule is NNc1ccc([N+](=O)[O-])cc1S(=O)(=O)Nc1cccnc1. The van der Waals surface area contributed by atoms with Crippen molar-refractivity contribution in [1.82, 2.24) is 4.98 Å². The summed E-state index contributed by atoms with van der Waals surface area (Å²) in [5.74, 6) is 5.24. The first-order valence-electron chi connectivity index (χ1n) is 5.62. The van der Waals surface area contributed by atoms with Crippen molar-refractivity contribution >= 4 is 27.1 Å². The Labute approximate surface area is 120 Å². The van der Waals surface area contributed by atoms with E-state index in [1.807, 2.05) is 0 Å². The fraction of sp³-hybridized carbons (Fsp3) is 0. The van der Waals surface area contributed by atoms with E-state index in [-0.39, 0.29) is 22.0 Å². The van der Waals surface area contributed by atoms with Gasteiger partial charge < -0.3 is 5.43 Å². The number of nitrogens with zero attached hydrogens (tertiary/aromatic N) is 2. The summed E-state index contributed by atoms with van der Waals surface area (Å²) >= 11 is 0. The van der Waals surface area contributed by atoms with Gasteiger partial charge in [0.2, 0.25) is 0 Å². The molecule has 1 aromatic carbocycles. The molecule has 0 amide bonds. The fourth-order valence-electron chi connectivity index (χ4n) is 1.60. The molecule has 0 aliphatic rings. The third-order valence-corrected chi connectivity index (χ3v) is 3.96. The molecule has 0 atom stereocenters. The van der Waals surface area contributed by atoms with Crippen molar-refractivity contribution < 1.29 is 13.3 Å². The van der Waals surface area contributed by atoms with Crippen LogP contribution < -0.4 is 16.0 Å². The highest BCUT2D eigenvalue weighted by molar-refractivity contribution is 7.92. The second-order valence-electron chi connectivity index (χ2n) is 3.93. The average molecular weight is 309 g/mol. The maximum Gasteiger partial charge on any atom is 0.270 e. The lowest BCUT2D eigenvalue weighted by Gasteiger charge is -2.11. The van der Waals surface area contributed by atoms with E-state index in [2.05, 4.69) is 15.1 Å². The predicted octanol–water partition coefficient (Wildman–Crippen LogP) is 1.08. The first-order chi connectivity index (χ1) is 9.94. The van der Waals surface area contributed by atoms with Crippen molar-refractivity contribution in [1.29, 1.82) is 0 Å². The molecule has 0 aliphatic heterocycles. The van der Waals surface area contributed by atoms with Crippen molar-refractivity contribution in [3.8, 4) is 0 Å². The van der Waals surface area contributed by atoms with Crippen molar-refractivity contribution in [3.05, 3.63) is 52.8 Å². The van der Waals surface area contributed by atoms with Crippen LogP contribution in [0.15, 0.2) is 47.6 Å². The zero-order valence-corrected chi connectivity index (χ0v) is 11.4. The molecule has 21 heavy (non-hydrogen) atoms. The smallest absolute Gasteiger partial charge is 0.270 e.